The quantitative estimate of drug-likeness (QED) is 0.928. The molecule has 2 rings (SSSR count). The average molecular weight is 269 g/mol. The first kappa shape index (κ1) is 12.9. The van der Waals surface area contributed by atoms with Crippen LogP contribution in [-0.4, -0.2) is 4.98 Å². The highest BCUT2D eigenvalue weighted by molar-refractivity contribution is 6.30. The topological polar surface area (TPSA) is 38.9 Å². The average Bonchev–Trinajstić information content (AvgIpc) is 2.34. The maximum atomic E-state index is 13.5. The molecule has 2 N–H and O–H groups in total. The van der Waals surface area contributed by atoms with E-state index < -0.39 is 17.7 Å². The van der Waals surface area contributed by atoms with Gasteiger partial charge in [-0.25, -0.2) is 8.78 Å². The van der Waals surface area contributed by atoms with Gasteiger partial charge in [0.1, 0.15) is 11.6 Å². The minimum Gasteiger partial charge on any atom is -0.322 e. The Morgan fingerprint density at radius 3 is 2.39 bits per heavy atom. The molecule has 0 aliphatic rings. The number of halogens is 3. The fourth-order valence-corrected chi connectivity index (χ4v) is 1.77. The van der Waals surface area contributed by atoms with Crippen LogP contribution in [0.15, 0.2) is 36.5 Å². The molecule has 18 heavy (non-hydrogen) atoms. The second-order valence-corrected chi connectivity index (χ2v) is 4.35. The summed E-state index contributed by atoms with van der Waals surface area (Å²) in [5, 5.41) is 0.489. The first-order valence-electron chi connectivity index (χ1n) is 5.38. The lowest BCUT2D eigenvalue weighted by Crippen LogP contribution is -2.16. The van der Waals surface area contributed by atoms with Gasteiger partial charge in [0, 0.05) is 11.8 Å². The van der Waals surface area contributed by atoms with Gasteiger partial charge in [0.15, 0.2) is 0 Å². The van der Waals surface area contributed by atoms with Crippen molar-refractivity contribution in [2.75, 3.05) is 0 Å². The zero-order chi connectivity index (χ0) is 13.1. The number of hydrogen-bond donors (Lipinski definition) is 1. The second-order valence-electron chi connectivity index (χ2n) is 3.91. The largest absolute Gasteiger partial charge is 0.322 e. The van der Waals surface area contributed by atoms with Crippen molar-refractivity contribution in [3.8, 4) is 0 Å². The van der Waals surface area contributed by atoms with Crippen LogP contribution in [0.3, 0.4) is 0 Å². The molecule has 2 aromatic rings. The highest BCUT2D eigenvalue weighted by atomic mass is 35.5. The Morgan fingerprint density at radius 1 is 1.17 bits per heavy atom. The molecule has 1 unspecified atom stereocenters. The molecule has 1 atom stereocenters. The van der Waals surface area contributed by atoms with Crippen molar-refractivity contribution in [3.05, 3.63) is 64.4 Å². The predicted octanol–water partition coefficient (Wildman–Crippen LogP) is 3.26. The van der Waals surface area contributed by atoms with E-state index in [0.29, 0.717) is 10.7 Å². The van der Waals surface area contributed by atoms with Gasteiger partial charge in [-0.1, -0.05) is 17.7 Å². The summed E-state index contributed by atoms with van der Waals surface area (Å²) in [5.41, 5.74) is 6.39. The van der Waals surface area contributed by atoms with Gasteiger partial charge in [0.05, 0.1) is 16.8 Å². The van der Waals surface area contributed by atoms with Crippen molar-refractivity contribution in [1.82, 2.24) is 4.98 Å². The van der Waals surface area contributed by atoms with Crippen LogP contribution in [0.2, 0.25) is 5.02 Å². The number of nitrogens with two attached hydrogens (primary N) is 1. The molecule has 1 aromatic heterocycles. The van der Waals surface area contributed by atoms with Crippen LogP contribution in [0.4, 0.5) is 8.78 Å². The third kappa shape index (κ3) is 2.83. The standard InChI is InChI=1S/C13H11ClF2N2/c14-8-4-5-13(18-7-8)12(17)6-9-10(15)2-1-3-11(9)16/h1-5,7,12H,6,17H2. The van der Waals surface area contributed by atoms with Gasteiger partial charge in [0.2, 0.25) is 0 Å². The van der Waals surface area contributed by atoms with Gasteiger partial charge in [-0.3, -0.25) is 4.98 Å². The number of rotatable bonds is 3. The first-order valence-corrected chi connectivity index (χ1v) is 5.75. The van der Waals surface area contributed by atoms with E-state index in [0.717, 1.165) is 0 Å². The van der Waals surface area contributed by atoms with Gasteiger partial charge in [-0.15, -0.1) is 0 Å². The second kappa shape index (κ2) is 5.42. The van der Waals surface area contributed by atoms with Crippen molar-refractivity contribution < 1.29 is 8.78 Å². The fraction of sp³-hybridized carbons (Fsp3) is 0.154. The number of hydrogen-bond acceptors (Lipinski definition) is 2. The molecule has 1 aromatic carbocycles. The number of pyridine rings is 1. The Labute approximate surface area is 108 Å². The Hall–Kier alpha value is -1.52. The lowest BCUT2D eigenvalue weighted by Gasteiger charge is -2.12. The number of benzene rings is 1. The van der Waals surface area contributed by atoms with Crippen molar-refractivity contribution in [1.29, 1.82) is 0 Å². The molecule has 0 aliphatic heterocycles. The van der Waals surface area contributed by atoms with Crippen molar-refractivity contribution >= 4 is 11.6 Å². The molecule has 0 fully saturated rings. The first-order chi connectivity index (χ1) is 8.58. The molecule has 0 radical (unpaired) electrons. The van der Waals surface area contributed by atoms with E-state index in [1.807, 2.05) is 0 Å². The molecule has 5 heteroatoms. The third-order valence-electron chi connectivity index (χ3n) is 2.62. The molecular weight excluding hydrogens is 258 g/mol. The Bertz CT molecular complexity index is 523. The highest BCUT2D eigenvalue weighted by Gasteiger charge is 2.15. The summed E-state index contributed by atoms with van der Waals surface area (Å²) >= 11 is 5.70. The maximum absolute atomic E-state index is 13.5. The third-order valence-corrected chi connectivity index (χ3v) is 2.84. The SMILES string of the molecule is NC(Cc1c(F)cccc1F)c1ccc(Cl)cn1. The Balaban J connectivity index is 2.21. The summed E-state index contributed by atoms with van der Waals surface area (Å²) < 4.78 is 26.9. The zero-order valence-corrected chi connectivity index (χ0v) is 10.2. The van der Waals surface area contributed by atoms with Gasteiger partial charge >= 0.3 is 0 Å². The minimum atomic E-state index is -0.598. The molecule has 2 nitrogen and oxygen atoms in total. The Morgan fingerprint density at radius 2 is 1.83 bits per heavy atom. The van der Waals surface area contributed by atoms with E-state index >= 15 is 0 Å². The lowest BCUT2D eigenvalue weighted by atomic mass is 10.0. The number of aromatic nitrogens is 1. The van der Waals surface area contributed by atoms with Crippen LogP contribution in [0.5, 0.6) is 0 Å². The van der Waals surface area contributed by atoms with E-state index in [2.05, 4.69) is 4.98 Å². The summed E-state index contributed by atoms with van der Waals surface area (Å²) in [6.07, 6.45) is 1.50. The summed E-state index contributed by atoms with van der Waals surface area (Å²) in [7, 11) is 0. The van der Waals surface area contributed by atoms with Crippen LogP contribution in [0, 0.1) is 11.6 Å². The molecule has 0 bridgehead atoms. The van der Waals surface area contributed by atoms with Crippen LogP contribution in [0.25, 0.3) is 0 Å². The normalized spacial score (nSPS) is 12.4. The van der Waals surface area contributed by atoms with Gasteiger partial charge in [0.25, 0.3) is 0 Å². The van der Waals surface area contributed by atoms with E-state index in [-0.39, 0.29) is 12.0 Å². The maximum Gasteiger partial charge on any atom is 0.129 e. The smallest absolute Gasteiger partial charge is 0.129 e. The minimum absolute atomic E-state index is 0.0262. The van der Waals surface area contributed by atoms with Gasteiger partial charge in [-0.05, 0) is 30.7 Å². The van der Waals surface area contributed by atoms with Gasteiger partial charge in [-0.2, -0.15) is 0 Å². The molecule has 0 aliphatic carbocycles. The summed E-state index contributed by atoms with van der Waals surface area (Å²) in [6, 6.07) is 6.45. The van der Waals surface area contributed by atoms with E-state index in [1.165, 1.54) is 24.4 Å². The molecule has 0 saturated carbocycles. The number of nitrogens with zero attached hydrogens (tertiary/aromatic N) is 1. The summed E-state index contributed by atoms with van der Waals surface area (Å²) in [4.78, 5) is 4.03. The predicted molar refractivity (Wildman–Crippen MR) is 66.2 cm³/mol. The molecule has 94 valence electrons. The van der Waals surface area contributed by atoms with Crippen LogP contribution in [-0.2, 0) is 6.42 Å². The van der Waals surface area contributed by atoms with E-state index in [1.54, 1.807) is 12.1 Å². The van der Waals surface area contributed by atoms with Crippen LogP contribution in [0.1, 0.15) is 17.3 Å². The van der Waals surface area contributed by atoms with Crippen molar-refractivity contribution in [2.24, 2.45) is 5.73 Å². The fourth-order valence-electron chi connectivity index (χ4n) is 1.66. The van der Waals surface area contributed by atoms with Gasteiger partial charge < -0.3 is 5.73 Å². The van der Waals surface area contributed by atoms with Crippen LogP contribution < -0.4 is 5.73 Å². The molecule has 1 heterocycles. The lowest BCUT2D eigenvalue weighted by molar-refractivity contribution is 0.537. The van der Waals surface area contributed by atoms with Crippen molar-refractivity contribution in [2.45, 2.75) is 12.5 Å². The molecule has 0 saturated heterocycles. The summed E-state index contributed by atoms with van der Waals surface area (Å²) in [5.74, 6) is -1.20. The highest BCUT2D eigenvalue weighted by Crippen LogP contribution is 2.20. The van der Waals surface area contributed by atoms with E-state index in [4.69, 9.17) is 17.3 Å². The molecule has 0 spiro atoms. The monoisotopic (exact) mass is 268 g/mol. The van der Waals surface area contributed by atoms with E-state index in [9.17, 15) is 8.78 Å². The molecular formula is C13H11ClF2N2. The summed E-state index contributed by atoms with van der Waals surface area (Å²) in [6.45, 7) is 0. The van der Waals surface area contributed by atoms with Crippen molar-refractivity contribution in [3.63, 3.8) is 0 Å². The molecule has 0 amide bonds. The Kier molecular flexibility index (Phi) is 3.89. The van der Waals surface area contributed by atoms with Crippen LogP contribution >= 0.6 is 11.6 Å². The zero-order valence-electron chi connectivity index (χ0n) is 9.41.